The van der Waals surface area contributed by atoms with Gasteiger partial charge in [-0.1, -0.05) is 0 Å². The van der Waals surface area contributed by atoms with Crippen LogP contribution in [0.1, 0.15) is 38.2 Å². The van der Waals surface area contributed by atoms with Gasteiger partial charge in [-0.2, -0.15) is 0 Å². The average Bonchev–Trinajstić information content (AvgIpc) is 3.39. The number of ether oxygens (including phenoxy) is 1. The van der Waals surface area contributed by atoms with E-state index in [0.29, 0.717) is 19.1 Å². The predicted octanol–water partition coefficient (Wildman–Crippen LogP) is 3.30. The Kier molecular flexibility index (Phi) is 4.50. The van der Waals surface area contributed by atoms with E-state index in [2.05, 4.69) is 5.32 Å². The Hall–Kier alpha value is -2.11. The van der Waals surface area contributed by atoms with Crippen LogP contribution in [-0.2, 0) is 16.0 Å². The summed E-state index contributed by atoms with van der Waals surface area (Å²) in [7, 11) is 0. The number of carbonyl (C=O) groups is 1. The number of esters is 1. The molecule has 0 saturated heterocycles. The molecule has 124 valence electrons. The largest absolute Gasteiger partial charge is 0.466 e. The smallest absolute Gasteiger partial charge is 0.306 e. The van der Waals surface area contributed by atoms with Gasteiger partial charge in [-0.25, -0.2) is 0 Å². The fourth-order valence-corrected chi connectivity index (χ4v) is 3.14. The lowest BCUT2D eigenvalue weighted by molar-refractivity contribution is -0.384. The molecule has 3 rings (SSSR count). The second-order valence-corrected chi connectivity index (χ2v) is 6.39. The zero-order chi connectivity index (χ0) is 16.4. The van der Waals surface area contributed by atoms with Crippen molar-refractivity contribution in [2.45, 2.75) is 45.1 Å². The van der Waals surface area contributed by atoms with Crippen LogP contribution in [0.5, 0.6) is 0 Å². The Labute approximate surface area is 135 Å². The number of nitrogens with one attached hydrogen (secondary N) is 1. The van der Waals surface area contributed by atoms with Gasteiger partial charge in [-0.05, 0) is 56.1 Å². The molecule has 2 unspecified atom stereocenters. The van der Waals surface area contributed by atoms with Gasteiger partial charge in [0.15, 0.2) is 0 Å². The van der Waals surface area contributed by atoms with Crippen molar-refractivity contribution in [2.75, 3.05) is 11.9 Å². The number of nitrogens with zero attached hydrogens (tertiary/aromatic N) is 1. The maximum absolute atomic E-state index is 11.6. The van der Waals surface area contributed by atoms with Crippen LogP contribution in [0.2, 0.25) is 0 Å². The molecule has 0 aliphatic heterocycles. The van der Waals surface area contributed by atoms with Crippen molar-refractivity contribution < 1.29 is 14.5 Å². The van der Waals surface area contributed by atoms with Crippen molar-refractivity contribution in [3.63, 3.8) is 0 Å². The van der Waals surface area contributed by atoms with Crippen molar-refractivity contribution >= 4 is 17.3 Å². The summed E-state index contributed by atoms with van der Waals surface area (Å²) in [5.74, 6) is 1.35. The molecule has 0 bridgehead atoms. The Morgan fingerprint density at radius 1 is 1.43 bits per heavy atom. The number of aryl methyl sites for hydroxylation is 1. The van der Waals surface area contributed by atoms with E-state index >= 15 is 0 Å². The highest BCUT2D eigenvalue weighted by Gasteiger charge is 2.47. The van der Waals surface area contributed by atoms with Gasteiger partial charge >= 0.3 is 5.97 Å². The molecule has 1 N–H and O–H groups in total. The van der Waals surface area contributed by atoms with Crippen LogP contribution < -0.4 is 5.32 Å². The van der Waals surface area contributed by atoms with E-state index in [4.69, 9.17) is 4.74 Å². The van der Waals surface area contributed by atoms with Crippen molar-refractivity contribution in [2.24, 2.45) is 11.8 Å². The molecule has 0 aromatic heterocycles. The fourth-order valence-electron chi connectivity index (χ4n) is 3.14. The van der Waals surface area contributed by atoms with Gasteiger partial charge in [-0.15, -0.1) is 0 Å². The van der Waals surface area contributed by atoms with Crippen LogP contribution in [0.25, 0.3) is 0 Å². The van der Waals surface area contributed by atoms with Crippen molar-refractivity contribution in [3.05, 3.63) is 33.9 Å². The van der Waals surface area contributed by atoms with Gasteiger partial charge < -0.3 is 10.1 Å². The summed E-state index contributed by atoms with van der Waals surface area (Å²) in [6.45, 7) is 2.12. The van der Waals surface area contributed by atoms with E-state index in [1.807, 2.05) is 0 Å². The predicted molar refractivity (Wildman–Crippen MR) is 86.3 cm³/mol. The first-order valence-corrected chi connectivity index (χ1v) is 8.28. The second kappa shape index (κ2) is 6.56. The minimum Gasteiger partial charge on any atom is -0.466 e. The summed E-state index contributed by atoms with van der Waals surface area (Å²) in [5.41, 5.74) is 1.78. The third-order valence-electron chi connectivity index (χ3n) is 4.61. The molecule has 2 aliphatic carbocycles. The average molecular weight is 318 g/mol. The van der Waals surface area contributed by atoms with E-state index in [9.17, 15) is 14.9 Å². The summed E-state index contributed by atoms with van der Waals surface area (Å²) in [5, 5.41) is 14.5. The molecular weight excluding hydrogens is 296 g/mol. The van der Waals surface area contributed by atoms with Gasteiger partial charge in [0, 0.05) is 30.3 Å². The molecular formula is C17H22N2O4. The van der Waals surface area contributed by atoms with Crippen LogP contribution in [0.3, 0.4) is 0 Å². The van der Waals surface area contributed by atoms with Crippen LogP contribution >= 0.6 is 0 Å². The zero-order valence-corrected chi connectivity index (χ0v) is 13.3. The quantitative estimate of drug-likeness (QED) is 0.452. The number of rotatable bonds is 8. The van der Waals surface area contributed by atoms with E-state index in [1.165, 1.54) is 25.3 Å². The van der Waals surface area contributed by atoms with Crippen molar-refractivity contribution in [1.82, 2.24) is 0 Å². The lowest BCUT2D eigenvalue weighted by Crippen LogP contribution is -2.10. The Bertz CT molecular complexity index is 613. The molecule has 0 heterocycles. The SMILES string of the molecule is CCOC(=O)CCc1cc([N+](=O)[O-])ccc1NC1CC1C1CC1. The van der Waals surface area contributed by atoms with E-state index in [-0.39, 0.29) is 18.1 Å². The molecule has 2 fully saturated rings. The topological polar surface area (TPSA) is 81.5 Å². The Morgan fingerprint density at radius 2 is 2.22 bits per heavy atom. The summed E-state index contributed by atoms with van der Waals surface area (Å²) in [4.78, 5) is 22.1. The maximum Gasteiger partial charge on any atom is 0.306 e. The van der Waals surface area contributed by atoms with Gasteiger partial charge in [0.1, 0.15) is 0 Å². The number of hydrogen-bond donors (Lipinski definition) is 1. The normalized spacial score (nSPS) is 22.5. The monoisotopic (exact) mass is 318 g/mol. The molecule has 23 heavy (non-hydrogen) atoms. The first-order chi connectivity index (χ1) is 11.1. The first kappa shape index (κ1) is 15.8. The zero-order valence-electron chi connectivity index (χ0n) is 13.3. The third kappa shape index (κ3) is 4.00. The Balaban J connectivity index is 1.68. The second-order valence-electron chi connectivity index (χ2n) is 6.39. The van der Waals surface area contributed by atoms with E-state index in [1.54, 1.807) is 19.1 Å². The fraction of sp³-hybridized carbons (Fsp3) is 0.588. The number of carbonyl (C=O) groups excluding carboxylic acids is 1. The third-order valence-corrected chi connectivity index (χ3v) is 4.61. The molecule has 1 aromatic rings. The van der Waals surface area contributed by atoms with Gasteiger partial charge in [0.25, 0.3) is 5.69 Å². The van der Waals surface area contributed by atoms with Gasteiger partial charge in [0.05, 0.1) is 11.5 Å². The molecule has 2 saturated carbocycles. The number of benzene rings is 1. The van der Waals surface area contributed by atoms with Gasteiger partial charge in [-0.3, -0.25) is 14.9 Å². The summed E-state index contributed by atoms with van der Waals surface area (Å²) in [6, 6.07) is 5.33. The molecule has 0 amide bonds. The highest BCUT2D eigenvalue weighted by atomic mass is 16.6. The standard InChI is InChI=1S/C17H22N2O4/c1-2-23-17(20)8-5-12-9-13(19(21)22)6-7-15(12)18-16-10-14(16)11-3-4-11/h6-7,9,11,14,16,18H,2-5,8,10H2,1H3. The van der Waals surface area contributed by atoms with Crippen LogP contribution in [0.4, 0.5) is 11.4 Å². The summed E-state index contributed by atoms with van der Waals surface area (Å²) in [6.07, 6.45) is 4.53. The van der Waals surface area contributed by atoms with Crippen LogP contribution in [0.15, 0.2) is 18.2 Å². The van der Waals surface area contributed by atoms with Crippen molar-refractivity contribution in [1.29, 1.82) is 0 Å². The molecule has 0 radical (unpaired) electrons. The Morgan fingerprint density at radius 3 is 2.87 bits per heavy atom. The van der Waals surface area contributed by atoms with Crippen LogP contribution in [-0.4, -0.2) is 23.5 Å². The number of hydrogen-bond acceptors (Lipinski definition) is 5. The van der Waals surface area contributed by atoms with Gasteiger partial charge in [0.2, 0.25) is 0 Å². The minimum absolute atomic E-state index is 0.0592. The molecule has 1 aromatic carbocycles. The van der Waals surface area contributed by atoms with Crippen molar-refractivity contribution in [3.8, 4) is 0 Å². The molecule has 0 spiro atoms. The highest BCUT2D eigenvalue weighted by Crippen LogP contribution is 2.51. The highest BCUT2D eigenvalue weighted by molar-refractivity contribution is 5.70. The molecule has 2 atom stereocenters. The lowest BCUT2D eigenvalue weighted by Gasteiger charge is -2.12. The summed E-state index contributed by atoms with van der Waals surface area (Å²) < 4.78 is 4.94. The number of non-ortho nitro benzene ring substituents is 1. The van der Waals surface area contributed by atoms with E-state index < -0.39 is 4.92 Å². The lowest BCUT2D eigenvalue weighted by atomic mass is 10.1. The van der Waals surface area contributed by atoms with Crippen LogP contribution in [0, 0.1) is 22.0 Å². The number of nitro benzene ring substituents is 1. The number of anilines is 1. The molecule has 6 heteroatoms. The number of nitro groups is 1. The first-order valence-electron chi connectivity index (χ1n) is 8.28. The minimum atomic E-state index is -0.401. The molecule has 6 nitrogen and oxygen atoms in total. The maximum atomic E-state index is 11.6. The molecule has 2 aliphatic rings. The van der Waals surface area contributed by atoms with E-state index in [0.717, 1.165) is 23.1 Å². The summed E-state index contributed by atoms with van der Waals surface area (Å²) >= 11 is 0.